The van der Waals surface area contributed by atoms with Crippen LogP contribution in [0.2, 0.25) is 0 Å². The molecule has 1 aromatic rings. The molecule has 1 rings (SSSR count). The number of ketones is 1. The largest absolute Gasteiger partial charge is 0.454 e. The second-order valence-corrected chi connectivity index (χ2v) is 5.18. The minimum atomic E-state index is -4.89. The van der Waals surface area contributed by atoms with Gasteiger partial charge in [0.2, 0.25) is 0 Å². The molecular formula is C16H19F3N2O. The molecule has 0 bridgehead atoms. The van der Waals surface area contributed by atoms with Crippen molar-refractivity contribution in [2.75, 3.05) is 19.4 Å². The Balaban J connectivity index is 3.10. The average molecular weight is 312 g/mol. The summed E-state index contributed by atoms with van der Waals surface area (Å²) >= 11 is 0. The van der Waals surface area contributed by atoms with Crippen molar-refractivity contribution in [3.05, 3.63) is 53.4 Å². The van der Waals surface area contributed by atoms with Gasteiger partial charge in [-0.3, -0.25) is 4.79 Å². The molecule has 0 atom stereocenters. The molecule has 6 heteroatoms. The molecule has 0 aliphatic rings. The fourth-order valence-corrected chi connectivity index (χ4v) is 1.69. The van der Waals surface area contributed by atoms with E-state index >= 15 is 0 Å². The first-order valence-electron chi connectivity index (χ1n) is 6.61. The van der Waals surface area contributed by atoms with Crippen molar-refractivity contribution in [1.82, 2.24) is 4.90 Å². The summed E-state index contributed by atoms with van der Waals surface area (Å²) in [5.74, 6) is -1.90. The van der Waals surface area contributed by atoms with E-state index in [2.05, 4.69) is 5.32 Å². The highest BCUT2D eigenvalue weighted by molar-refractivity contribution is 5.95. The molecule has 0 unspecified atom stereocenters. The number of hydrogen-bond donors (Lipinski definition) is 1. The summed E-state index contributed by atoms with van der Waals surface area (Å²) < 4.78 is 37.3. The van der Waals surface area contributed by atoms with Crippen LogP contribution in [-0.4, -0.2) is 31.0 Å². The van der Waals surface area contributed by atoms with Gasteiger partial charge < -0.3 is 10.2 Å². The quantitative estimate of drug-likeness (QED) is 0.663. The van der Waals surface area contributed by atoms with Crippen LogP contribution in [0.5, 0.6) is 0 Å². The molecule has 0 heterocycles. The fourth-order valence-electron chi connectivity index (χ4n) is 1.69. The number of benzene rings is 1. The lowest BCUT2D eigenvalue weighted by Gasteiger charge is -2.13. The molecule has 120 valence electrons. The van der Waals surface area contributed by atoms with Crippen LogP contribution in [0.1, 0.15) is 11.1 Å². The Kier molecular flexibility index (Phi) is 5.79. The standard InChI is InChI=1S/C16H19F3N2O/c1-11-5-6-14(12(2)9-11)20-13(7-8-21(3)4)10-15(22)16(17,18)19/h5-10,20H,1-4H3/b8-7+,13-10-. The van der Waals surface area contributed by atoms with E-state index in [0.29, 0.717) is 11.8 Å². The molecule has 0 saturated heterocycles. The van der Waals surface area contributed by atoms with E-state index in [1.54, 1.807) is 31.3 Å². The van der Waals surface area contributed by atoms with Crippen molar-refractivity contribution in [2.24, 2.45) is 0 Å². The zero-order valence-corrected chi connectivity index (χ0v) is 13.0. The van der Waals surface area contributed by atoms with Gasteiger partial charge in [0, 0.05) is 37.8 Å². The van der Waals surface area contributed by atoms with Gasteiger partial charge in [-0.25, -0.2) is 0 Å². The lowest BCUT2D eigenvalue weighted by Crippen LogP contribution is -2.21. The highest BCUT2D eigenvalue weighted by Crippen LogP contribution is 2.21. The third-order valence-electron chi connectivity index (χ3n) is 2.78. The van der Waals surface area contributed by atoms with Crippen molar-refractivity contribution in [1.29, 1.82) is 0 Å². The third kappa shape index (κ3) is 5.63. The van der Waals surface area contributed by atoms with Crippen molar-refractivity contribution >= 4 is 11.5 Å². The van der Waals surface area contributed by atoms with E-state index in [1.165, 1.54) is 6.08 Å². The van der Waals surface area contributed by atoms with E-state index in [-0.39, 0.29) is 5.70 Å². The number of anilines is 1. The smallest absolute Gasteiger partial charge is 0.383 e. The molecule has 0 saturated carbocycles. The maximum absolute atomic E-state index is 12.4. The van der Waals surface area contributed by atoms with Gasteiger partial charge in [0.25, 0.3) is 5.78 Å². The number of hydrogen-bond acceptors (Lipinski definition) is 3. The van der Waals surface area contributed by atoms with Gasteiger partial charge in [-0.2, -0.15) is 13.2 Å². The topological polar surface area (TPSA) is 32.3 Å². The molecule has 1 aromatic carbocycles. The van der Waals surface area contributed by atoms with Crippen LogP contribution in [0, 0.1) is 13.8 Å². The average Bonchev–Trinajstić information content (AvgIpc) is 2.37. The highest BCUT2D eigenvalue weighted by atomic mass is 19.4. The number of carbonyl (C=O) groups excluding carboxylic acids is 1. The van der Waals surface area contributed by atoms with Gasteiger partial charge in [0.1, 0.15) is 0 Å². The van der Waals surface area contributed by atoms with Crippen LogP contribution in [0.4, 0.5) is 18.9 Å². The van der Waals surface area contributed by atoms with Gasteiger partial charge in [0.15, 0.2) is 0 Å². The summed E-state index contributed by atoms with van der Waals surface area (Å²) in [6.07, 6.45) is -1.35. The van der Waals surface area contributed by atoms with Crippen molar-refractivity contribution in [3.8, 4) is 0 Å². The van der Waals surface area contributed by atoms with Crippen molar-refractivity contribution in [3.63, 3.8) is 0 Å². The number of rotatable bonds is 5. The third-order valence-corrected chi connectivity index (χ3v) is 2.78. The summed E-state index contributed by atoms with van der Waals surface area (Å²) in [7, 11) is 3.47. The van der Waals surface area contributed by atoms with Crippen LogP contribution in [0.3, 0.4) is 0 Å². The number of alkyl halides is 3. The number of halogens is 3. The van der Waals surface area contributed by atoms with Crippen LogP contribution < -0.4 is 5.32 Å². The molecule has 0 aliphatic carbocycles. The zero-order chi connectivity index (χ0) is 16.9. The summed E-state index contributed by atoms with van der Waals surface area (Å²) in [4.78, 5) is 12.8. The summed E-state index contributed by atoms with van der Waals surface area (Å²) in [6.45, 7) is 3.76. The monoisotopic (exact) mass is 312 g/mol. The Bertz CT molecular complexity index is 602. The molecule has 3 nitrogen and oxygen atoms in total. The maximum atomic E-state index is 12.4. The number of aryl methyl sites for hydroxylation is 2. The van der Waals surface area contributed by atoms with E-state index in [0.717, 1.165) is 11.1 Å². The molecule has 1 N–H and O–H groups in total. The minimum absolute atomic E-state index is 0.0722. The molecular weight excluding hydrogens is 293 g/mol. The molecule has 22 heavy (non-hydrogen) atoms. The van der Waals surface area contributed by atoms with Gasteiger partial charge >= 0.3 is 6.18 Å². The van der Waals surface area contributed by atoms with E-state index in [4.69, 9.17) is 0 Å². The Morgan fingerprint density at radius 2 is 1.86 bits per heavy atom. The molecule has 0 aromatic heterocycles. The molecule has 0 fully saturated rings. The first-order chi connectivity index (χ1) is 10.1. The Morgan fingerprint density at radius 3 is 2.36 bits per heavy atom. The maximum Gasteiger partial charge on any atom is 0.454 e. The number of nitrogens with one attached hydrogen (secondary N) is 1. The van der Waals surface area contributed by atoms with Crippen LogP contribution in [0.15, 0.2) is 42.2 Å². The van der Waals surface area contributed by atoms with Crippen LogP contribution in [0.25, 0.3) is 0 Å². The molecule has 0 radical (unpaired) electrons. The highest BCUT2D eigenvalue weighted by Gasteiger charge is 2.36. The van der Waals surface area contributed by atoms with Crippen LogP contribution in [-0.2, 0) is 4.79 Å². The normalized spacial score (nSPS) is 12.6. The van der Waals surface area contributed by atoms with Crippen LogP contribution >= 0.6 is 0 Å². The van der Waals surface area contributed by atoms with Gasteiger partial charge in [-0.1, -0.05) is 17.7 Å². The minimum Gasteiger partial charge on any atom is -0.383 e. The van der Waals surface area contributed by atoms with E-state index < -0.39 is 12.0 Å². The first kappa shape index (κ1) is 17.8. The first-order valence-corrected chi connectivity index (χ1v) is 6.61. The SMILES string of the molecule is Cc1ccc(NC(=C\C(=O)C(F)(F)F)/C=C/N(C)C)c(C)c1. The van der Waals surface area contributed by atoms with Crippen molar-refractivity contribution in [2.45, 2.75) is 20.0 Å². The Hall–Kier alpha value is -2.24. The number of nitrogens with zero attached hydrogens (tertiary/aromatic N) is 1. The predicted molar refractivity (Wildman–Crippen MR) is 81.5 cm³/mol. The van der Waals surface area contributed by atoms with E-state index in [1.807, 2.05) is 26.0 Å². The zero-order valence-electron chi connectivity index (χ0n) is 13.0. The fraction of sp³-hybridized carbons (Fsp3) is 0.312. The molecule has 0 spiro atoms. The lowest BCUT2D eigenvalue weighted by molar-refractivity contribution is -0.165. The van der Waals surface area contributed by atoms with E-state index in [9.17, 15) is 18.0 Å². The second kappa shape index (κ2) is 7.15. The molecule has 0 aliphatic heterocycles. The Morgan fingerprint density at radius 1 is 1.23 bits per heavy atom. The number of carbonyl (C=O) groups is 1. The summed E-state index contributed by atoms with van der Waals surface area (Å²) in [5, 5.41) is 2.86. The van der Waals surface area contributed by atoms with Gasteiger partial charge in [-0.15, -0.1) is 0 Å². The predicted octanol–water partition coefficient (Wildman–Crippen LogP) is 3.81. The van der Waals surface area contributed by atoms with Crippen molar-refractivity contribution < 1.29 is 18.0 Å². The number of allylic oxidation sites excluding steroid dienone is 2. The van der Waals surface area contributed by atoms with Gasteiger partial charge in [0.05, 0.1) is 0 Å². The summed E-state index contributed by atoms with van der Waals surface area (Å²) in [5.41, 5.74) is 2.64. The Labute approximate surface area is 128 Å². The second-order valence-electron chi connectivity index (χ2n) is 5.18. The lowest BCUT2D eigenvalue weighted by atomic mass is 10.1. The summed E-state index contributed by atoms with van der Waals surface area (Å²) in [6, 6.07) is 5.51. The molecule has 0 amide bonds. The van der Waals surface area contributed by atoms with Gasteiger partial charge in [-0.05, 0) is 31.6 Å².